The van der Waals surface area contributed by atoms with E-state index in [0.717, 1.165) is 37.1 Å². The second-order valence-corrected chi connectivity index (χ2v) is 5.99. The van der Waals surface area contributed by atoms with E-state index in [2.05, 4.69) is 4.98 Å². The van der Waals surface area contributed by atoms with E-state index in [9.17, 15) is 4.79 Å². The van der Waals surface area contributed by atoms with Crippen molar-refractivity contribution >= 4 is 24.0 Å². The molecule has 3 atom stereocenters. The minimum Gasteiger partial charge on any atom is -0.338 e. The van der Waals surface area contributed by atoms with Gasteiger partial charge < -0.3 is 15.0 Å². The first kappa shape index (κ1) is 14.4. The SMILES string of the molecule is Cl.NC1CCC2CN(C(=O)c3ccc4nccn4c3)CC12. The van der Waals surface area contributed by atoms with Gasteiger partial charge in [-0.15, -0.1) is 12.4 Å². The van der Waals surface area contributed by atoms with Crippen LogP contribution in [0, 0.1) is 11.8 Å². The van der Waals surface area contributed by atoms with E-state index in [-0.39, 0.29) is 24.4 Å². The van der Waals surface area contributed by atoms with Crippen LogP contribution in [0.15, 0.2) is 30.7 Å². The molecular weight excluding hydrogens is 288 g/mol. The number of nitrogens with two attached hydrogens (primary N) is 1. The molecule has 1 saturated carbocycles. The van der Waals surface area contributed by atoms with E-state index >= 15 is 0 Å². The lowest BCUT2D eigenvalue weighted by Gasteiger charge is -2.18. The third-order valence-electron chi connectivity index (χ3n) is 4.84. The lowest BCUT2D eigenvalue weighted by atomic mass is 9.98. The summed E-state index contributed by atoms with van der Waals surface area (Å²) in [6.07, 6.45) is 7.73. The van der Waals surface area contributed by atoms with Gasteiger partial charge in [0, 0.05) is 37.7 Å². The van der Waals surface area contributed by atoms with E-state index in [4.69, 9.17) is 5.73 Å². The molecule has 1 amide bonds. The molecule has 3 unspecified atom stereocenters. The highest BCUT2D eigenvalue weighted by Crippen LogP contribution is 2.37. The largest absolute Gasteiger partial charge is 0.338 e. The fraction of sp³-hybridized carbons (Fsp3) is 0.467. The Morgan fingerprint density at radius 3 is 2.95 bits per heavy atom. The smallest absolute Gasteiger partial charge is 0.255 e. The average molecular weight is 307 g/mol. The summed E-state index contributed by atoms with van der Waals surface area (Å²) in [7, 11) is 0. The number of hydrogen-bond acceptors (Lipinski definition) is 3. The fourth-order valence-electron chi connectivity index (χ4n) is 3.70. The molecule has 2 aromatic heterocycles. The maximum atomic E-state index is 12.6. The zero-order chi connectivity index (χ0) is 13.7. The number of fused-ring (bicyclic) bond motifs is 2. The Labute approximate surface area is 129 Å². The highest BCUT2D eigenvalue weighted by atomic mass is 35.5. The molecule has 5 nitrogen and oxygen atoms in total. The summed E-state index contributed by atoms with van der Waals surface area (Å²) in [4.78, 5) is 18.8. The minimum absolute atomic E-state index is 0. The van der Waals surface area contributed by atoms with Gasteiger partial charge in [0.25, 0.3) is 5.91 Å². The Kier molecular flexibility index (Phi) is 3.63. The number of aromatic nitrogens is 2. The van der Waals surface area contributed by atoms with Gasteiger partial charge >= 0.3 is 0 Å². The van der Waals surface area contributed by atoms with Crippen LogP contribution in [0.5, 0.6) is 0 Å². The average Bonchev–Trinajstić information content (AvgIpc) is 3.14. The van der Waals surface area contributed by atoms with Crippen LogP contribution in [0.25, 0.3) is 5.65 Å². The van der Waals surface area contributed by atoms with Gasteiger partial charge in [0.05, 0.1) is 5.56 Å². The molecule has 112 valence electrons. The summed E-state index contributed by atoms with van der Waals surface area (Å²) in [6, 6.07) is 4.02. The molecule has 2 N–H and O–H groups in total. The van der Waals surface area contributed by atoms with Crippen molar-refractivity contribution in [1.29, 1.82) is 0 Å². The number of imidazole rings is 1. The fourth-order valence-corrected chi connectivity index (χ4v) is 3.70. The number of hydrogen-bond donors (Lipinski definition) is 1. The Bertz CT molecular complexity index is 670. The standard InChI is InChI=1S/C15H18N4O.ClH/c16-13-3-1-10-7-19(9-12(10)13)15(20)11-2-4-14-17-5-6-18(14)8-11;/h2,4-6,8,10,12-13H,1,3,7,9,16H2;1H. The predicted octanol–water partition coefficient (Wildman–Crippen LogP) is 1.57. The van der Waals surface area contributed by atoms with Crippen LogP contribution >= 0.6 is 12.4 Å². The first-order valence-corrected chi connectivity index (χ1v) is 7.20. The van der Waals surface area contributed by atoms with Crippen molar-refractivity contribution < 1.29 is 4.79 Å². The molecular formula is C15H19ClN4O. The second-order valence-electron chi connectivity index (χ2n) is 5.99. The van der Waals surface area contributed by atoms with Crippen LogP contribution in [0.2, 0.25) is 0 Å². The number of carbonyl (C=O) groups is 1. The maximum Gasteiger partial charge on any atom is 0.255 e. The molecule has 1 aliphatic heterocycles. The minimum atomic E-state index is 0. The number of likely N-dealkylation sites (tertiary alicyclic amines) is 1. The van der Waals surface area contributed by atoms with Gasteiger partial charge in [-0.05, 0) is 36.8 Å². The third-order valence-corrected chi connectivity index (χ3v) is 4.84. The van der Waals surface area contributed by atoms with Crippen molar-refractivity contribution in [2.75, 3.05) is 13.1 Å². The molecule has 2 aliphatic rings. The molecule has 0 aromatic carbocycles. The quantitative estimate of drug-likeness (QED) is 0.870. The maximum absolute atomic E-state index is 12.6. The van der Waals surface area contributed by atoms with Crippen molar-refractivity contribution in [2.45, 2.75) is 18.9 Å². The Balaban J connectivity index is 0.00000132. The normalized spacial score (nSPS) is 27.7. The van der Waals surface area contributed by atoms with Crippen LogP contribution in [0.3, 0.4) is 0 Å². The molecule has 6 heteroatoms. The predicted molar refractivity (Wildman–Crippen MR) is 82.5 cm³/mol. The summed E-state index contributed by atoms with van der Waals surface area (Å²) in [5, 5.41) is 0. The Morgan fingerprint density at radius 2 is 2.14 bits per heavy atom. The highest BCUT2D eigenvalue weighted by molar-refractivity contribution is 5.94. The summed E-state index contributed by atoms with van der Waals surface area (Å²) in [5.41, 5.74) is 7.72. The van der Waals surface area contributed by atoms with E-state index in [1.807, 2.05) is 33.8 Å². The number of rotatable bonds is 1. The van der Waals surface area contributed by atoms with Crippen LogP contribution in [0.1, 0.15) is 23.2 Å². The van der Waals surface area contributed by atoms with Crippen LogP contribution in [-0.2, 0) is 0 Å². The molecule has 4 rings (SSSR count). The van der Waals surface area contributed by atoms with Gasteiger partial charge in [-0.1, -0.05) is 0 Å². The third kappa shape index (κ3) is 2.30. The van der Waals surface area contributed by atoms with Gasteiger partial charge in [0.15, 0.2) is 0 Å². The van der Waals surface area contributed by atoms with Gasteiger partial charge in [0.1, 0.15) is 5.65 Å². The van der Waals surface area contributed by atoms with Crippen molar-refractivity contribution in [3.8, 4) is 0 Å². The molecule has 0 spiro atoms. The van der Waals surface area contributed by atoms with Gasteiger partial charge in [-0.25, -0.2) is 4.98 Å². The van der Waals surface area contributed by atoms with Crippen molar-refractivity contribution in [1.82, 2.24) is 14.3 Å². The molecule has 2 aromatic rings. The zero-order valence-corrected chi connectivity index (χ0v) is 12.5. The van der Waals surface area contributed by atoms with Crippen molar-refractivity contribution in [2.24, 2.45) is 17.6 Å². The second kappa shape index (κ2) is 5.31. The lowest BCUT2D eigenvalue weighted by molar-refractivity contribution is 0.0779. The Hall–Kier alpha value is -1.59. The molecule has 1 saturated heterocycles. The van der Waals surface area contributed by atoms with Gasteiger partial charge in [-0.2, -0.15) is 0 Å². The van der Waals surface area contributed by atoms with Gasteiger partial charge in [0.2, 0.25) is 0 Å². The number of amides is 1. The molecule has 1 aliphatic carbocycles. The first-order valence-electron chi connectivity index (χ1n) is 7.20. The van der Waals surface area contributed by atoms with E-state index in [1.165, 1.54) is 0 Å². The summed E-state index contributed by atoms with van der Waals surface area (Å²) >= 11 is 0. The number of halogens is 1. The zero-order valence-electron chi connectivity index (χ0n) is 11.7. The first-order chi connectivity index (χ1) is 9.72. The van der Waals surface area contributed by atoms with E-state index in [1.54, 1.807) is 6.20 Å². The lowest BCUT2D eigenvalue weighted by Crippen LogP contribution is -2.33. The van der Waals surface area contributed by atoms with Crippen molar-refractivity contribution in [3.05, 3.63) is 36.3 Å². The van der Waals surface area contributed by atoms with E-state index in [0.29, 0.717) is 11.8 Å². The topological polar surface area (TPSA) is 63.6 Å². The highest BCUT2D eigenvalue weighted by Gasteiger charge is 2.42. The molecule has 3 heterocycles. The number of pyridine rings is 1. The Morgan fingerprint density at radius 1 is 1.29 bits per heavy atom. The molecule has 21 heavy (non-hydrogen) atoms. The molecule has 2 fully saturated rings. The summed E-state index contributed by atoms with van der Waals surface area (Å²) < 4.78 is 1.88. The van der Waals surface area contributed by atoms with E-state index < -0.39 is 0 Å². The molecule has 0 radical (unpaired) electrons. The van der Waals surface area contributed by atoms with Gasteiger partial charge in [-0.3, -0.25) is 4.79 Å². The number of nitrogens with zero attached hydrogens (tertiary/aromatic N) is 3. The van der Waals surface area contributed by atoms with Crippen LogP contribution in [0.4, 0.5) is 0 Å². The summed E-state index contributed by atoms with van der Waals surface area (Å²) in [6.45, 7) is 1.67. The monoisotopic (exact) mass is 306 g/mol. The number of carbonyl (C=O) groups excluding carboxylic acids is 1. The van der Waals surface area contributed by atoms with Crippen LogP contribution < -0.4 is 5.73 Å². The summed E-state index contributed by atoms with van der Waals surface area (Å²) in [5.74, 6) is 1.21. The molecule has 0 bridgehead atoms. The van der Waals surface area contributed by atoms with Crippen molar-refractivity contribution in [3.63, 3.8) is 0 Å². The van der Waals surface area contributed by atoms with Crippen LogP contribution in [-0.4, -0.2) is 39.3 Å².